The quantitative estimate of drug-likeness (QED) is 0.599. The number of hydrogen-bond acceptors (Lipinski definition) is 3. The highest BCUT2D eigenvalue weighted by Crippen LogP contribution is 2.02. The molecule has 0 unspecified atom stereocenters. The third-order valence-corrected chi connectivity index (χ3v) is 1.31. The van der Waals surface area contributed by atoms with Crippen LogP contribution in [0.2, 0.25) is 0 Å². The van der Waals surface area contributed by atoms with Crippen molar-refractivity contribution in [3.63, 3.8) is 0 Å². The second kappa shape index (κ2) is 3.23. The van der Waals surface area contributed by atoms with Gasteiger partial charge in [0.1, 0.15) is 0 Å². The van der Waals surface area contributed by atoms with Crippen molar-refractivity contribution in [1.82, 2.24) is 4.90 Å². The first-order valence-electron chi connectivity index (χ1n) is 3.43. The molecule has 1 rings (SSSR count). The molecule has 0 aromatic heterocycles. The van der Waals surface area contributed by atoms with E-state index in [4.69, 9.17) is 9.84 Å². The number of amidine groups is 1. The van der Waals surface area contributed by atoms with Gasteiger partial charge in [0, 0.05) is 0 Å². The molecule has 0 aromatic carbocycles. The van der Waals surface area contributed by atoms with E-state index in [1.807, 2.05) is 0 Å². The number of ether oxygens (including phenoxy) is 1. The van der Waals surface area contributed by atoms with Crippen molar-refractivity contribution < 1.29 is 14.6 Å². The average Bonchev–Trinajstić information content (AvgIpc) is 2.36. The minimum Gasteiger partial charge on any atom is -0.465 e. The Morgan fingerprint density at radius 2 is 2.64 bits per heavy atom. The van der Waals surface area contributed by atoms with Crippen LogP contribution in [0.1, 0.15) is 6.92 Å². The van der Waals surface area contributed by atoms with E-state index in [-0.39, 0.29) is 6.02 Å². The fourth-order valence-corrected chi connectivity index (χ4v) is 0.857. The lowest BCUT2D eigenvalue weighted by atomic mass is 10.6. The van der Waals surface area contributed by atoms with Gasteiger partial charge in [-0.1, -0.05) is 0 Å². The predicted molar refractivity (Wildman–Crippen MR) is 38.7 cm³/mol. The van der Waals surface area contributed by atoms with Crippen LogP contribution in [0.5, 0.6) is 0 Å². The maximum absolute atomic E-state index is 10.5. The second-order valence-electron chi connectivity index (χ2n) is 2.03. The van der Waals surface area contributed by atoms with E-state index >= 15 is 0 Å². The predicted octanol–water partition coefficient (Wildman–Crippen LogP) is 0.373. The Labute approximate surface area is 64.3 Å². The maximum Gasteiger partial charge on any atom is 0.415 e. The van der Waals surface area contributed by atoms with E-state index in [0.29, 0.717) is 19.7 Å². The third kappa shape index (κ3) is 1.60. The normalized spacial score (nSPS) is 16.5. The molecule has 5 heteroatoms. The molecule has 5 nitrogen and oxygen atoms in total. The Kier molecular flexibility index (Phi) is 2.30. The van der Waals surface area contributed by atoms with E-state index in [1.165, 1.54) is 0 Å². The minimum absolute atomic E-state index is 0.222. The van der Waals surface area contributed by atoms with E-state index in [0.717, 1.165) is 4.90 Å². The zero-order valence-corrected chi connectivity index (χ0v) is 6.28. The van der Waals surface area contributed by atoms with Gasteiger partial charge in [-0.15, -0.1) is 0 Å². The van der Waals surface area contributed by atoms with Gasteiger partial charge in [-0.05, 0) is 6.92 Å². The van der Waals surface area contributed by atoms with Gasteiger partial charge in [-0.3, -0.25) is 0 Å². The molecule has 0 saturated heterocycles. The Balaban J connectivity index is 2.55. The lowest BCUT2D eigenvalue weighted by molar-refractivity contribution is 0.160. The fraction of sp³-hybridized carbons (Fsp3) is 0.667. The fourth-order valence-electron chi connectivity index (χ4n) is 0.857. The second-order valence-corrected chi connectivity index (χ2v) is 2.03. The lowest BCUT2D eigenvalue weighted by Crippen LogP contribution is -2.34. The van der Waals surface area contributed by atoms with E-state index in [9.17, 15) is 4.79 Å². The molecule has 0 radical (unpaired) electrons. The Hall–Kier alpha value is -1.26. The number of carbonyl (C=O) groups is 1. The molecule has 1 heterocycles. The van der Waals surface area contributed by atoms with Crippen molar-refractivity contribution in [2.45, 2.75) is 6.92 Å². The molecule has 11 heavy (non-hydrogen) atoms. The van der Waals surface area contributed by atoms with Crippen molar-refractivity contribution in [3.05, 3.63) is 0 Å². The molecule has 1 amide bonds. The first kappa shape index (κ1) is 7.84. The van der Waals surface area contributed by atoms with Crippen LogP contribution in [-0.2, 0) is 4.74 Å². The van der Waals surface area contributed by atoms with Crippen molar-refractivity contribution in [3.8, 4) is 0 Å². The van der Waals surface area contributed by atoms with Crippen molar-refractivity contribution in [2.75, 3.05) is 19.7 Å². The monoisotopic (exact) mass is 158 g/mol. The van der Waals surface area contributed by atoms with Gasteiger partial charge in [-0.25, -0.2) is 14.7 Å². The molecule has 62 valence electrons. The van der Waals surface area contributed by atoms with Gasteiger partial charge in [-0.2, -0.15) is 0 Å². The van der Waals surface area contributed by atoms with Crippen LogP contribution in [-0.4, -0.2) is 41.8 Å². The molecule has 0 spiro atoms. The summed E-state index contributed by atoms with van der Waals surface area (Å²) in [6.45, 7) is 3.15. The number of aliphatic imine (C=N–C) groups is 1. The van der Waals surface area contributed by atoms with Crippen LogP contribution >= 0.6 is 0 Å². The SMILES string of the molecule is CCOC1=NCCN1C(=O)O. The van der Waals surface area contributed by atoms with E-state index < -0.39 is 6.09 Å². The summed E-state index contributed by atoms with van der Waals surface area (Å²) in [5.41, 5.74) is 0. The van der Waals surface area contributed by atoms with Gasteiger partial charge in [0.05, 0.1) is 19.7 Å². The lowest BCUT2D eigenvalue weighted by Gasteiger charge is -2.12. The summed E-state index contributed by atoms with van der Waals surface area (Å²) in [6, 6.07) is 0.222. The molecule has 0 bridgehead atoms. The summed E-state index contributed by atoms with van der Waals surface area (Å²) >= 11 is 0. The molecular weight excluding hydrogens is 148 g/mol. The number of amides is 1. The summed E-state index contributed by atoms with van der Waals surface area (Å²) in [6.07, 6.45) is -1.00. The molecule has 1 aliphatic heterocycles. The van der Waals surface area contributed by atoms with Gasteiger partial charge in [0.25, 0.3) is 6.02 Å². The average molecular weight is 158 g/mol. The highest BCUT2D eigenvalue weighted by molar-refractivity contribution is 5.90. The zero-order valence-electron chi connectivity index (χ0n) is 6.28. The van der Waals surface area contributed by atoms with Gasteiger partial charge >= 0.3 is 6.09 Å². The number of nitrogens with zero attached hydrogens (tertiary/aromatic N) is 2. The van der Waals surface area contributed by atoms with E-state index in [2.05, 4.69) is 4.99 Å². The standard InChI is InChI=1S/C6H10N2O3/c1-2-11-5-7-3-4-8(5)6(9)10/h2-4H2,1H3,(H,9,10). The Morgan fingerprint density at radius 1 is 1.91 bits per heavy atom. The van der Waals surface area contributed by atoms with Crippen LogP contribution in [0.25, 0.3) is 0 Å². The number of hydrogen-bond donors (Lipinski definition) is 1. The van der Waals surface area contributed by atoms with Gasteiger partial charge in [0.15, 0.2) is 0 Å². The van der Waals surface area contributed by atoms with E-state index in [1.54, 1.807) is 6.92 Å². The molecular formula is C6H10N2O3. The first-order chi connectivity index (χ1) is 5.25. The van der Waals surface area contributed by atoms with Crippen molar-refractivity contribution in [2.24, 2.45) is 4.99 Å². The first-order valence-corrected chi connectivity index (χ1v) is 3.43. The van der Waals surface area contributed by atoms with Crippen LogP contribution in [0.3, 0.4) is 0 Å². The van der Waals surface area contributed by atoms with Crippen LogP contribution in [0.15, 0.2) is 4.99 Å². The van der Waals surface area contributed by atoms with Gasteiger partial charge in [0.2, 0.25) is 0 Å². The molecule has 0 atom stereocenters. The summed E-state index contributed by atoms with van der Waals surface area (Å²) in [4.78, 5) is 15.4. The van der Waals surface area contributed by atoms with Crippen molar-refractivity contribution >= 4 is 12.1 Å². The summed E-state index contributed by atoms with van der Waals surface area (Å²) in [5.74, 6) is 0. The van der Waals surface area contributed by atoms with Crippen molar-refractivity contribution in [1.29, 1.82) is 0 Å². The topological polar surface area (TPSA) is 62.1 Å². The molecule has 0 saturated carbocycles. The van der Waals surface area contributed by atoms with Crippen LogP contribution < -0.4 is 0 Å². The molecule has 0 aliphatic carbocycles. The highest BCUT2D eigenvalue weighted by atomic mass is 16.5. The Morgan fingerprint density at radius 3 is 3.18 bits per heavy atom. The van der Waals surface area contributed by atoms with Gasteiger partial charge < -0.3 is 9.84 Å². The molecule has 1 N–H and O–H groups in total. The van der Waals surface area contributed by atoms with Crippen LogP contribution in [0.4, 0.5) is 4.79 Å². The summed E-state index contributed by atoms with van der Waals surface area (Å²) in [7, 11) is 0. The minimum atomic E-state index is -1.00. The summed E-state index contributed by atoms with van der Waals surface area (Å²) < 4.78 is 4.97. The maximum atomic E-state index is 10.5. The molecule has 0 aromatic rings. The zero-order chi connectivity index (χ0) is 8.27. The molecule has 0 fully saturated rings. The number of rotatable bonds is 1. The summed E-state index contributed by atoms with van der Waals surface area (Å²) in [5, 5.41) is 8.58. The Bertz CT molecular complexity index is 190. The molecule has 1 aliphatic rings. The van der Waals surface area contributed by atoms with Crippen LogP contribution in [0, 0.1) is 0 Å². The largest absolute Gasteiger partial charge is 0.465 e. The third-order valence-electron chi connectivity index (χ3n) is 1.31. The number of carboxylic acid groups (broad SMARTS) is 1. The highest BCUT2D eigenvalue weighted by Gasteiger charge is 2.23. The smallest absolute Gasteiger partial charge is 0.415 e.